The van der Waals surface area contributed by atoms with Crippen molar-refractivity contribution in [2.75, 3.05) is 14.1 Å². The lowest BCUT2D eigenvalue weighted by Crippen LogP contribution is -2.61. The zero-order valence-corrected chi connectivity index (χ0v) is 27.5. The highest BCUT2D eigenvalue weighted by Crippen LogP contribution is 2.30. The number of hydrogen-bond acceptors (Lipinski definition) is 7. The Bertz CT molecular complexity index is 1220. The molecule has 0 radical (unpaired) electrons. The predicted molar refractivity (Wildman–Crippen MR) is 167 cm³/mol. The Hall–Kier alpha value is -3.93. The first kappa shape index (κ1) is 38.1. The zero-order valence-electron chi connectivity index (χ0n) is 27.5. The van der Waals surface area contributed by atoms with Gasteiger partial charge in [0.15, 0.2) is 0 Å². The van der Waals surface area contributed by atoms with Gasteiger partial charge < -0.3 is 36.2 Å². The topological polar surface area (TPSA) is 185 Å². The molecule has 1 aromatic carbocycles. The molecule has 0 aliphatic rings. The summed E-state index contributed by atoms with van der Waals surface area (Å²) in [5.41, 5.74) is -0.437. The number of hydrogen-bond donors (Lipinski definition) is 6. The number of likely N-dealkylation sites (N-methyl/N-ethyl adjacent to an activating group) is 2. The molecule has 0 saturated heterocycles. The van der Waals surface area contributed by atoms with Gasteiger partial charge in [0.05, 0.1) is 12.1 Å². The summed E-state index contributed by atoms with van der Waals surface area (Å²) in [6.07, 6.45) is 0.867. The van der Waals surface area contributed by atoms with Crippen LogP contribution < -0.4 is 16.0 Å². The van der Waals surface area contributed by atoms with Crippen molar-refractivity contribution in [1.82, 2.24) is 20.9 Å². The molecule has 0 aliphatic heterocycles. The third-order valence-electron chi connectivity index (χ3n) is 7.79. The van der Waals surface area contributed by atoms with Gasteiger partial charge in [0, 0.05) is 24.5 Å². The van der Waals surface area contributed by atoms with Crippen LogP contribution in [-0.4, -0.2) is 88.1 Å². The van der Waals surface area contributed by atoms with Crippen molar-refractivity contribution < 1.29 is 39.3 Å². The van der Waals surface area contributed by atoms with E-state index in [-0.39, 0.29) is 35.5 Å². The molecule has 0 fully saturated rings. The number of phenols is 1. The van der Waals surface area contributed by atoms with E-state index in [1.54, 1.807) is 44.4 Å². The summed E-state index contributed by atoms with van der Waals surface area (Å²) in [6, 6.07) is 2.95. The number of carboxylic acids is 2. The van der Waals surface area contributed by atoms with Gasteiger partial charge in [-0.25, -0.2) is 4.79 Å². The first-order valence-electron chi connectivity index (χ1n) is 14.6. The second-order valence-electron chi connectivity index (χ2n) is 13.1. The average molecular weight is 619 g/mol. The van der Waals surface area contributed by atoms with Crippen LogP contribution in [0.15, 0.2) is 35.9 Å². The monoisotopic (exact) mass is 618 g/mol. The third-order valence-corrected chi connectivity index (χ3v) is 7.79. The molecule has 6 N–H and O–H groups in total. The van der Waals surface area contributed by atoms with E-state index in [0.29, 0.717) is 0 Å². The van der Waals surface area contributed by atoms with Crippen LogP contribution in [0.25, 0.3) is 0 Å². The third kappa shape index (κ3) is 10.4. The van der Waals surface area contributed by atoms with Gasteiger partial charge >= 0.3 is 11.9 Å². The number of carbonyl (C=O) groups is 5. The molecule has 0 aliphatic carbocycles. The fourth-order valence-corrected chi connectivity index (χ4v) is 4.98. The minimum Gasteiger partial charge on any atom is -0.508 e. The highest BCUT2D eigenvalue weighted by molar-refractivity contribution is 5.96. The number of nitrogens with zero attached hydrogens (tertiary/aromatic N) is 1. The summed E-state index contributed by atoms with van der Waals surface area (Å²) in [7, 11) is 3.25. The van der Waals surface area contributed by atoms with Gasteiger partial charge in [-0.1, -0.05) is 66.7 Å². The molecular weight excluding hydrogens is 568 g/mol. The van der Waals surface area contributed by atoms with Crippen molar-refractivity contribution in [2.24, 2.45) is 11.3 Å². The van der Waals surface area contributed by atoms with Gasteiger partial charge in [-0.2, -0.15) is 0 Å². The summed E-state index contributed by atoms with van der Waals surface area (Å²) in [5, 5.41) is 36.4. The number of carboxylic acid groups (broad SMARTS) is 2. The lowest BCUT2D eigenvalue weighted by atomic mass is 9.76. The number of amides is 3. The Kier molecular flexibility index (Phi) is 13.6. The van der Waals surface area contributed by atoms with Gasteiger partial charge in [-0.15, -0.1) is 0 Å². The lowest BCUT2D eigenvalue weighted by Gasteiger charge is -2.40. The molecule has 3 amide bonds. The SMILES string of the molecule is CNC(C(=O)N[C@H](C(=O)N(C)[C@H](/C=C(\C)C(=O)N[C@H](CCC(=O)O)C(=O)O)C(C)C)C(C)(C)C)C(C)(C)c1ccc(O)cc1. The molecule has 0 heterocycles. The quantitative estimate of drug-likeness (QED) is 0.161. The molecule has 44 heavy (non-hydrogen) atoms. The minimum atomic E-state index is -1.38. The average Bonchev–Trinajstić information content (AvgIpc) is 2.90. The van der Waals surface area contributed by atoms with Crippen LogP contribution in [0.5, 0.6) is 5.75 Å². The molecule has 4 atom stereocenters. The van der Waals surface area contributed by atoms with Crippen LogP contribution >= 0.6 is 0 Å². The molecule has 246 valence electrons. The summed E-state index contributed by atoms with van der Waals surface area (Å²) in [4.78, 5) is 64.5. The zero-order chi connectivity index (χ0) is 34.2. The second-order valence-corrected chi connectivity index (χ2v) is 13.1. The molecule has 0 bridgehead atoms. The number of rotatable bonds is 15. The first-order valence-corrected chi connectivity index (χ1v) is 14.6. The Balaban J connectivity index is 3.29. The van der Waals surface area contributed by atoms with Crippen molar-refractivity contribution in [3.05, 3.63) is 41.5 Å². The molecule has 12 heteroatoms. The highest BCUT2D eigenvalue weighted by Gasteiger charge is 2.41. The Morgan fingerprint density at radius 1 is 0.932 bits per heavy atom. The number of aromatic hydroxyl groups is 1. The minimum absolute atomic E-state index is 0.109. The van der Waals surface area contributed by atoms with Gasteiger partial charge in [0.2, 0.25) is 17.7 Å². The van der Waals surface area contributed by atoms with E-state index in [4.69, 9.17) is 5.11 Å². The highest BCUT2D eigenvalue weighted by atomic mass is 16.4. The Morgan fingerprint density at radius 2 is 1.48 bits per heavy atom. The van der Waals surface area contributed by atoms with E-state index in [1.807, 2.05) is 48.5 Å². The van der Waals surface area contributed by atoms with E-state index >= 15 is 0 Å². The van der Waals surface area contributed by atoms with Crippen molar-refractivity contribution in [3.63, 3.8) is 0 Å². The van der Waals surface area contributed by atoms with Gasteiger partial charge in [-0.05, 0) is 49.4 Å². The normalized spacial score (nSPS) is 15.1. The molecule has 12 nitrogen and oxygen atoms in total. The van der Waals surface area contributed by atoms with E-state index in [2.05, 4.69) is 16.0 Å². The largest absolute Gasteiger partial charge is 0.508 e. The standard InChI is InChI=1S/C32H50N4O8/c1-18(2)23(17-19(3)27(40)34-22(30(43)44)15-16-24(38)39)36(10)29(42)26(31(4,5)6)35-28(41)25(33-9)32(7,8)20-11-13-21(37)14-12-20/h11-14,17-18,22-23,25-26,33,37H,15-16H2,1-10H3,(H,34,40)(H,35,41)(H,38,39)(H,43,44)/b19-17+/t22-,23-,25?,26-/m1/s1. The molecule has 0 saturated carbocycles. The molecule has 1 unspecified atom stereocenters. The molecule has 0 aromatic heterocycles. The maximum Gasteiger partial charge on any atom is 0.326 e. The van der Waals surface area contributed by atoms with E-state index in [0.717, 1.165) is 5.56 Å². The van der Waals surface area contributed by atoms with Crippen LogP contribution in [-0.2, 0) is 29.4 Å². The number of phenolic OH excluding ortho intramolecular Hbond substituents is 1. The van der Waals surface area contributed by atoms with E-state index in [9.17, 15) is 34.2 Å². The van der Waals surface area contributed by atoms with Crippen LogP contribution in [0, 0.1) is 11.3 Å². The molecule has 0 spiro atoms. The van der Waals surface area contributed by atoms with Gasteiger partial charge in [0.25, 0.3) is 0 Å². The van der Waals surface area contributed by atoms with Gasteiger partial charge in [0.1, 0.15) is 17.8 Å². The number of benzene rings is 1. The van der Waals surface area contributed by atoms with Crippen LogP contribution in [0.3, 0.4) is 0 Å². The number of nitrogens with one attached hydrogen (secondary N) is 3. The summed E-state index contributed by atoms with van der Waals surface area (Å²) < 4.78 is 0. The van der Waals surface area contributed by atoms with Crippen molar-refractivity contribution in [3.8, 4) is 5.75 Å². The van der Waals surface area contributed by atoms with E-state index < -0.39 is 59.3 Å². The van der Waals surface area contributed by atoms with Gasteiger partial charge in [-0.3, -0.25) is 19.2 Å². The molecule has 1 aromatic rings. The van der Waals surface area contributed by atoms with E-state index in [1.165, 1.54) is 11.8 Å². The predicted octanol–water partition coefficient (Wildman–Crippen LogP) is 2.65. The summed E-state index contributed by atoms with van der Waals surface area (Å²) >= 11 is 0. The Labute approximate surface area is 260 Å². The van der Waals surface area contributed by atoms with Crippen LogP contribution in [0.1, 0.15) is 73.8 Å². The summed E-state index contributed by atoms with van der Waals surface area (Å²) in [5.74, 6) is -4.04. The van der Waals surface area contributed by atoms with Crippen molar-refractivity contribution in [2.45, 2.75) is 97.8 Å². The van der Waals surface area contributed by atoms with Crippen molar-refractivity contribution >= 4 is 29.7 Å². The Morgan fingerprint density at radius 3 is 1.91 bits per heavy atom. The molecule has 1 rings (SSSR count). The van der Waals surface area contributed by atoms with Crippen LogP contribution in [0.4, 0.5) is 0 Å². The fourth-order valence-electron chi connectivity index (χ4n) is 4.98. The smallest absolute Gasteiger partial charge is 0.326 e. The second kappa shape index (κ2) is 15.7. The summed E-state index contributed by atoms with van der Waals surface area (Å²) in [6.45, 7) is 14.5. The number of carbonyl (C=O) groups excluding carboxylic acids is 3. The number of aliphatic carboxylic acids is 2. The lowest BCUT2D eigenvalue weighted by molar-refractivity contribution is -0.142. The van der Waals surface area contributed by atoms with Crippen molar-refractivity contribution in [1.29, 1.82) is 0 Å². The fraction of sp³-hybridized carbons (Fsp3) is 0.594. The van der Waals surface area contributed by atoms with Crippen LogP contribution in [0.2, 0.25) is 0 Å². The maximum absolute atomic E-state index is 14.0. The first-order chi connectivity index (χ1) is 20.1. The maximum atomic E-state index is 14.0. The molecular formula is C32H50N4O8.